The Labute approximate surface area is 174 Å². The molecule has 7 nitrogen and oxygen atoms in total. The molecule has 0 saturated carbocycles. The summed E-state index contributed by atoms with van der Waals surface area (Å²) < 4.78 is 18.0. The van der Waals surface area contributed by atoms with E-state index >= 15 is 0 Å². The summed E-state index contributed by atoms with van der Waals surface area (Å²) in [5.74, 6) is 0.943. The van der Waals surface area contributed by atoms with Crippen LogP contribution in [0.5, 0.6) is 11.5 Å². The van der Waals surface area contributed by atoms with Crippen LogP contribution in [0, 0.1) is 6.92 Å². The molecule has 0 bridgehead atoms. The number of hydrogen-bond donors (Lipinski definition) is 1. The molecule has 0 spiro atoms. The van der Waals surface area contributed by atoms with Crippen LogP contribution in [0.2, 0.25) is 0 Å². The van der Waals surface area contributed by atoms with E-state index in [0.29, 0.717) is 29.4 Å². The van der Waals surface area contributed by atoms with Gasteiger partial charge in [0, 0.05) is 17.2 Å². The molecule has 0 saturated heterocycles. The third-order valence-electron chi connectivity index (χ3n) is 5.13. The molecule has 3 rings (SSSR count). The van der Waals surface area contributed by atoms with Gasteiger partial charge in [0.1, 0.15) is 6.73 Å². The van der Waals surface area contributed by atoms with E-state index in [1.165, 1.54) is 4.57 Å². The van der Waals surface area contributed by atoms with E-state index in [1.54, 1.807) is 21.1 Å². The van der Waals surface area contributed by atoms with Crippen molar-refractivity contribution in [3.8, 4) is 11.5 Å². The molecular formula is C23H26N2O5. The van der Waals surface area contributed by atoms with Gasteiger partial charge in [-0.25, -0.2) is 4.79 Å². The third-order valence-corrected chi connectivity index (χ3v) is 5.13. The molecule has 3 aromatic rings. The molecule has 1 aromatic heterocycles. The number of H-pyrrole nitrogens is 1. The van der Waals surface area contributed by atoms with E-state index in [9.17, 15) is 9.59 Å². The summed E-state index contributed by atoms with van der Waals surface area (Å²) in [5.41, 5.74) is 2.06. The van der Waals surface area contributed by atoms with Crippen LogP contribution in [0.1, 0.15) is 35.2 Å². The van der Waals surface area contributed by atoms with E-state index in [1.807, 2.05) is 55.5 Å². The molecule has 30 heavy (non-hydrogen) atoms. The Kier molecular flexibility index (Phi) is 6.74. The van der Waals surface area contributed by atoms with Crippen LogP contribution in [0.4, 0.5) is 0 Å². The highest BCUT2D eigenvalue weighted by Crippen LogP contribution is 2.33. The number of aromatic amines is 1. The van der Waals surface area contributed by atoms with Crippen LogP contribution >= 0.6 is 0 Å². The topological polar surface area (TPSA) is 82.6 Å². The van der Waals surface area contributed by atoms with Gasteiger partial charge in [0.2, 0.25) is 0 Å². The van der Waals surface area contributed by atoms with Crippen LogP contribution in [0.25, 0.3) is 0 Å². The lowest BCUT2D eigenvalue weighted by Crippen LogP contribution is -2.36. The van der Waals surface area contributed by atoms with Gasteiger partial charge in [0.05, 0.1) is 20.8 Å². The molecule has 0 fully saturated rings. The number of nitrogens with one attached hydrogen (secondary N) is 1. The summed E-state index contributed by atoms with van der Waals surface area (Å²) >= 11 is 0. The van der Waals surface area contributed by atoms with Gasteiger partial charge in [0.25, 0.3) is 5.56 Å². The maximum atomic E-state index is 12.6. The molecule has 0 aliphatic carbocycles. The maximum absolute atomic E-state index is 12.6. The highest BCUT2D eigenvalue weighted by molar-refractivity contribution is 5.45. The van der Waals surface area contributed by atoms with Gasteiger partial charge in [-0.2, -0.15) is 0 Å². The van der Waals surface area contributed by atoms with Gasteiger partial charge < -0.3 is 14.2 Å². The van der Waals surface area contributed by atoms with Gasteiger partial charge in [-0.05, 0) is 30.2 Å². The molecule has 7 heteroatoms. The first kappa shape index (κ1) is 21.4. The SMILES string of the molecule is COc1ccc(C(C)c2c(C)c(=O)[nH]c(=O)n2COCc2ccccc2)cc1OC. The first-order chi connectivity index (χ1) is 14.5. The van der Waals surface area contributed by atoms with Crippen LogP contribution in [0.3, 0.4) is 0 Å². The Bertz CT molecular complexity index is 1120. The van der Waals surface area contributed by atoms with Gasteiger partial charge in [-0.1, -0.05) is 43.3 Å². The monoisotopic (exact) mass is 410 g/mol. The Morgan fingerprint density at radius 3 is 2.37 bits per heavy atom. The van der Waals surface area contributed by atoms with Crippen molar-refractivity contribution in [2.45, 2.75) is 33.1 Å². The van der Waals surface area contributed by atoms with Crippen molar-refractivity contribution < 1.29 is 14.2 Å². The molecule has 1 N–H and O–H groups in total. The predicted molar refractivity (Wildman–Crippen MR) is 114 cm³/mol. The fraction of sp³-hybridized carbons (Fsp3) is 0.304. The summed E-state index contributed by atoms with van der Waals surface area (Å²) in [6.45, 7) is 4.03. The summed E-state index contributed by atoms with van der Waals surface area (Å²) in [4.78, 5) is 27.3. The average Bonchev–Trinajstić information content (AvgIpc) is 2.77. The molecule has 158 valence electrons. The number of ether oxygens (including phenoxy) is 3. The summed E-state index contributed by atoms with van der Waals surface area (Å²) in [7, 11) is 3.14. The van der Waals surface area contributed by atoms with Crippen molar-refractivity contribution in [2.75, 3.05) is 14.2 Å². The third kappa shape index (κ3) is 4.46. The van der Waals surface area contributed by atoms with Gasteiger partial charge in [-0.15, -0.1) is 0 Å². The second-order valence-corrected chi connectivity index (χ2v) is 7.00. The van der Waals surface area contributed by atoms with E-state index in [4.69, 9.17) is 14.2 Å². The summed E-state index contributed by atoms with van der Waals surface area (Å²) in [6, 6.07) is 15.3. The molecule has 1 unspecified atom stereocenters. The highest BCUT2D eigenvalue weighted by atomic mass is 16.5. The smallest absolute Gasteiger partial charge is 0.330 e. The number of rotatable bonds is 8. The van der Waals surface area contributed by atoms with Crippen LogP contribution < -0.4 is 20.7 Å². The average molecular weight is 410 g/mol. The Morgan fingerprint density at radius 1 is 1.00 bits per heavy atom. The molecule has 0 radical (unpaired) electrons. The lowest BCUT2D eigenvalue weighted by molar-refractivity contribution is 0.0584. The van der Waals surface area contributed by atoms with Crippen molar-refractivity contribution in [1.29, 1.82) is 0 Å². The zero-order chi connectivity index (χ0) is 21.7. The minimum Gasteiger partial charge on any atom is -0.493 e. The van der Waals surface area contributed by atoms with Crippen LogP contribution in [-0.4, -0.2) is 23.8 Å². The second kappa shape index (κ2) is 9.45. The van der Waals surface area contributed by atoms with Crippen molar-refractivity contribution in [3.05, 3.63) is 91.8 Å². The lowest BCUT2D eigenvalue weighted by Gasteiger charge is -2.21. The fourth-order valence-corrected chi connectivity index (χ4v) is 3.48. The van der Waals surface area contributed by atoms with E-state index in [0.717, 1.165) is 11.1 Å². The van der Waals surface area contributed by atoms with E-state index < -0.39 is 11.2 Å². The lowest BCUT2D eigenvalue weighted by atomic mass is 9.94. The van der Waals surface area contributed by atoms with Crippen molar-refractivity contribution >= 4 is 0 Å². The van der Waals surface area contributed by atoms with E-state index in [-0.39, 0.29) is 12.6 Å². The number of nitrogens with zero attached hydrogens (tertiary/aromatic N) is 1. The fourth-order valence-electron chi connectivity index (χ4n) is 3.48. The first-order valence-corrected chi connectivity index (χ1v) is 9.63. The van der Waals surface area contributed by atoms with Crippen LogP contribution in [-0.2, 0) is 18.1 Å². The quantitative estimate of drug-likeness (QED) is 0.617. The summed E-state index contributed by atoms with van der Waals surface area (Å²) in [5, 5.41) is 0. The summed E-state index contributed by atoms with van der Waals surface area (Å²) in [6.07, 6.45) is 0. The van der Waals surface area contributed by atoms with Crippen LogP contribution in [0.15, 0.2) is 58.1 Å². The molecule has 1 atom stereocenters. The molecule has 0 aliphatic heterocycles. The Morgan fingerprint density at radius 2 is 1.70 bits per heavy atom. The number of hydrogen-bond acceptors (Lipinski definition) is 5. The van der Waals surface area contributed by atoms with Crippen molar-refractivity contribution in [2.24, 2.45) is 0 Å². The normalized spacial score (nSPS) is 11.9. The molecule has 2 aromatic carbocycles. The molecule has 0 aliphatic rings. The molecule has 0 amide bonds. The zero-order valence-corrected chi connectivity index (χ0v) is 17.6. The highest BCUT2D eigenvalue weighted by Gasteiger charge is 2.20. The minimum absolute atomic E-state index is 0.0261. The zero-order valence-electron chi connectivity index (χ0n) is 17.6. The van der Waals surface area contributed by atoms with Gasteiger partial charge in [-0.3, -0.25) is 14.3 Å². The van der Waals surface area contributed by atoms with Gasteiger partial charge >= 0.3 is 5.69 Å². The van der Waals surface area contributed by atoms with Crippen molar-refractivity contribution in [1.82, 2.24) is 9.55 Å². The minimum atomic E-state index is -0.499. The van der Waals surface area contributed by atoms with Gasteiger partial charge in [0.15, 0.2) is 11.5 Å². The number of aromatic nitrogens is 2. The Balaban J connectivity index is 1.96. The largest absolute Gasteiger partial charge is 0.493 e. The second-order valence-electron chi connectivity index (χ2n) is 7.00. The predicted octanol–water partition coefficient (Wildman–Crippen LogP) is 3.19. The number of benzene rings is 2. The van der Waals surface area contributed by atoms with E-state index in [2.05, 4.69) is 4.98 Å². The molecular weight excluding hydrogens is 384 g/mol. The Hall–Kier alpha value is -3.32. The van der Waals surface area contributed by atoms with Crippen molar-refractivity contribution in [3.63, 3.8) is 0 Å². The molecule has 1 heterocycles. The number of methoxy groups -OCH3 is 2. The first-order valence-electron chi connectivity index (χ1n) is 9.63. The standard InChI is InChI=1S/C23H26N2O5/c1-15(18-10-11-19(28-3)20(12-18)29-4)21-16(2)22(26)24-23(27)25(21)14-30-13-17-8-6-5-7-9-17/h5-12,15H,13-14H2,1-4H3,(H,24,26,27). The maximum Gasteiger partial charge on any atom is 0.330 e.